The molecule has 2 amide bonds. The zero-order valence-corrected chi connectivity index (χ0v) is 10.1. The first-order valence-corrected chi connectivity index (χ1v) is 5.17. The molecule has 5 heteroatoms. The molecule has 1 aromatic rings. The molecule has 0 saturated heterocycles. The van der Waals surface area contributed by atoms with E-state index < -0.39 is 11.5 Å². The lowest BCUT2D eigenvalue weighted by atomic mass is 10.2. The fourth-order valence-corrected chi connectivity index (χ4v) is 1.23. The highest BCUT2D eigenvalue weighted by Gasteiger charge is 2.18. The van der Waals surface area contributed by atoms with E-state index in [0.717, 1.165) is 5.06 Å². The number of benzene rings is 1. The molecule has 0 fully saturated rings. The molecule has 1 rings (SSSR count). The van der Waals surface area contributed by atoms with Crippen LogP contribution in [-0.4, -0.2) is 17.9 Å². The van der Waals surface area contributed by atoms with Crippen molar-refractivity contribution in [2.45, 2.75) is 26.4 Å². The van der Waals surface area contributed by atoms with Crippen LogP contribution in [0.1, 0.15) is 31.1 Å². The lowest BCUT2D eigenvalue weighted by molar-refractivity contribution is -0.120. The summed E-state index contributed by atoms with van der Waals surface area (Å²) in [5.41, 5.74) is 5.44. The number of carbonyl (C=O) groups is 2. The molecule has 0 atom stereocenters. The highest BCUT2D eigenvalue weighted by atomic mass is 16.7. The van der Waals surface area contributed by atoms with E-state index in [-0.39, 0.29) is 0 Å². The summed E-state index contributed by atoms with van der Waals surface area (Å²) in [4.78, 5) is 27.4. The molecule has 0 aliphatic heterocycles. The number of amides is 2. The number of hydroxylamine groups is 1. The van der Waals surface area contributed by atoms with Crippen molar-refractivity contribution in [3.63, 3.8) is 0 Å². The van der Waals surface area contributed by atoms with Gasteiger partial charge in [-0.3, -0.25) is 14.4 Å². The number of primary amides is 1. The van der Waals surface area contributed by atoms with Crippen LogP contribution in [0.15, 0.2) is 24.3 Å². The van der Waals surface area contributed by atoms with E-state index in [1.54, 1.807) is 18.2 Å². The van der Waals surface area contributed by atoms with Crippen molar-refractivity contribution in [3.8, 4) is 0 Å². The summed E-state index contributed by atoms with van der Waals surface area (Å²) in [6.45, 7) is 5.46. The van der Waals surface area contributed by atoms with E-state index in [0.29, 0.717) is 17.7 Å². The van der Waals surface area contributed by atoms with Crippen LogP contribution in [0, 0.1) is 0 Å². The van der Waals surface area contributed by atoms with Gasteiger partial charge in [0, 0.05) is 5.56 Å². The first-order chi connectivity index (χ1) is 7.83. The second kappa shape index (κ2) is 4.97. The summed E-state index contributed by atoms with van der Waals surface area (Å²) in [5.74, 6) is -0.548. The van der Waals surface area contributed by atoms with E-state index in [4.69, 9.17) is 10.6 Å². The first-order valence-electron chi connectivity index (χ1n) is 5.17. The van der Waals surface area contributed by atoms with Gasteiger partial charge in [-0.2, -0.15) is 5.06 Å². The lowest BCUT2D eigenvalue weighted by Gasteiger charge is -2.26. The van der Waals surface area contributed by atoms with Gasteiger partial charge in [-0.25, -0.2) is 0 Å². The Morgan fingerprint density at radius 2 is 2.06 bits per heavy atom. The molecule has 0 aromatic heterocycles. The zero-order valence-electron chi connectivity index (χ0n) is 10.1. The summed E-state index contributed by atoms with van der Waals surface area (Å²) < 4.78 is 0. The standard InChI is InChI=1S/C12H16N2O3/c1-12(2,3)17-14(8-15)10-6-4-5-9(7-10)11(13)16/h4-8H,1-3H3,(H2,13,16). The van der Waals surface area contributed by atoms with Crippen LogP contribution < -0.4 is 10.8 Å². The largest absolute Gasteiger partial charge is 0.366 e. The Morgan fingerprint density at radius 3 is 2.53 bits per heavy atom. The second-order valence-electron chi connectivity index (χ2n) is 4.55. The number of anilines is 1. The third kappa shape index (κ3) is 3.88. The van der Waals surface area contributed by atoms with Crippen molar-refractivity contribution in [1.29, 1.82) is 0 Å². The van der Waals surface area contributed by atoms with E-state index >= 15 is 0 Å². The summed E-state index contributed by atoms with van der Waals surface area (Å²) in [7, 11) is 0. The Labute approximate surface area is 100 Å². The summed E-state index contributed by atoms with van der Waals surface area (Å²) in [5, 5.41) is 1.08. The summed E-state index contributed by atoms with van der Waals surface area (Å²) in [6, 6.07) is 6.37. The van der Waals surface area contributed by atoms with Crippen LogP contribution in [-0.2, 0) is 9.63 Å². The van der Waals surface area contributed by atoms with Crippen LogP contribution in [0.25, 0.3) is 0 Å². The Morgan fingerprint density at radius 1 is 1.41 bits per heavy atom. The number of nitrogens with two attached hydrogens (primary N) is 1. The number of hydrogen-bond donors (Lipinski definition) is 1. The van der Waals surface area contributed by atoms with Crippen molar-refractivity contribution in [1.82, 2.24) is 0 Å². The van der Waals surface area contributed by atoms with Gasteiger partial charge in [0.05, 0.1) is 11.3 Å². The SMILES string of the molecule is CC(C)(C)ON(C=O)c1cccc(C(N)=O)c1. The second-order valence-corrected chi connectivity index (χ2v) is 4.55. The molecule has 0 aliphatic rings. The van der Waals surface area contributed by atoms with Crippen LogP contribution in [0.4, 0.5) is 5.69 Å². The minimum atomic E-state index is -0.548. The fraction of sp³-hybridized carbons (Fsp3) is 0.333. The van der Waals surface area contributed by atoms with Crippen molar-refractivity contribution in [2.75, 3.05) is 5.06 Å². The zero-order chi connectivity index (χ0) is 13.1. The predicted octanol–water partition coefficient (Wildman–Crippen LogP) is 1.48. The Kier molecular flexibility index (Phi) is 3.85. The molecule has 2 N–H and O–H groups in total. The van der Waals surface area contributed by atoms with Gasteiger partial charge in [-0.05, 0) is 39.0 Å². The quantitative estimate of drug-likeness (QED) is 0.635. The number of carbonyl (C=O) groups excluding carboxylic acids is 2. The molecule has 92 valence electrons. The van der Waals surface area contributed by atoms with Crippen molar-refractivity contribution < 1.29 is 14.4 Å². The summed E-state index contributed by atoms with van der Waals surface area (Å²) in [6.07, 6.45) is 0.547. The third-order valence-corrected chi connectivity index (χ3v) is 1.85. The molecule has 0 aliphatic carbocycles. The van der Waals surface area contributed by atoms with E-state index in [9.17, 15) is 9.59 Å². The van der Waals surface area contributed by atoms with Gasteiger partial charge in [0.25, 0.3) is 0 Å². The normalized spacial score (nSPS) is 11.0. The van der Waals surface area contributed by atoms with Gasteiger partial charge in [0.15, 0.2) is 0 Å². The Bertz CT molecular complexity index is 424. The molecule has 5 nitrogen and oxygen atoms in total. The average molecular weight is 236 g/mol. The highest BCUT2D eigenvalue weighted by Crippen LogP contribution is 2.19. The Hall–Kier alpha value is -1.88. The molecular formula is C12H16N2O3. The van der Waals surface area contributed by atoms with Crippen molar-refractivity contribution in [2.24, 2.45) is 5.73 Å². The van der Waals surface area contributed by atoms with Gasteiger partial charge in [-0.1, -0.05) is 6.07 Å². The van der Waals surface area contributed by atoms with Gasteiger partial charge < -0.3 is 5.73 Å². The topological polar surface area (TPSA) is 72.6 Å². The van der Waals surface area contributed by atoms with Gasteiger partial charge in [0.2, 0.25) is 12.3 Å². The molecule has 17 heavy (non-hydrogen) atoms. The molecule has 0 heterocycles. The van der Waals surface area contributed by atoms with E-state index in [1.807, 2.05) is 20.8 Å². The number of hydrogen-bond acceptors (Lipinski definition) is 3. The Balaban J connectivity index is 3.00. The molecule has 0 saturated carbocycles. The van der Waals surface area contributed by atoms with Crippen LogP contribution in [0.3, 0.4) is 0 Å². The molecule has 0 unspecified atom stereocenters. The lowest BCUT2D eigenvalue weighted by Crippen LogP contribution is -2.33. The van der Waals surface area contributed by atoms with Crippen molar-refractivity contribution in [3.05, 3.63) is 29.8 Å². The predicted molar refractivity (Wildman–Crippen MR) is 64.3 cm³/mol. The molecule has 0 radical (unpaired) electrons. The molecule has 1 aromatic carbocycles. The van der Waals surface area contributed by atoms with Gasteiger partial charge in [0.1, 0.15) is 0 Å². The minimum Gasteiger partial charge on any atom is -0.366 e. The number of nitrogens with zero attached hydrogens (tertiary/aromatic N) is 1. The van der Waals surface area contributed by atoms with Crippen LogP contribution in [0.5, 0.6) is 0 Å². The highest BCUT2D eigenvalue weighted by molar-refractivity contribution is 5.94. The van der Waals surface area contributed by atoms with E-state index in [2.05, 4.69) is 0 Å². The van der Waals surface area contributed by atoms with Crippen molar-refractivity contribution >= 4 is 18.0 Å². The maximum Gasteiger partial charge on any atom is 0.248 e. The smallest absolute Gasteiger partial charge is 0.248 e. The maximum atomic E-state index is 11.0. The summed E-state index contributed by atoms with van der Waals surface area (Å²) >= 11 is 0. The first kappa shape index (κ1) is 13.2. The van der Waals surface area contributed by atoms with Gasteiger partial charge in [-0.15, -0.1) is 0 Å². The molecule has 0 spiro atoms. The maximum absolute atomic E-state index is 11.0. The molecular weight excluding hydrogens is 220 g/mol. The van der Waals surface area contributed by atoms with Crippen LogP contribution >= 0.6 is 0 Å². The minimum absolute atomic E-state index is 0.326. The van der Waals surface area contributed by atoms with Crippen LogP contribution in [0.2, 0.25) is 0 Å². The molecule has 0 bridgehead atoms. The number of rotatable bonds is 4. The monoisotopic (exact) mass is 236 g/mol. The third-order valence-electron chi connectivity index (χ3n) is 1.85. The fourth-order valence-electron chi connectivity index (χ4n) is 1.23. The van der Waals surface area contributed by atoms with E-state index in [1.165, 1.54) is 6.07 Å². The average Bonchev–Trinajstić information content (AvgIpc) is 2.25. The van der Waals surface area contributed by atoms with Gasteiger partial charge >= 0.3 is 0 Å².